The van der Waals surface area contributed by atoms with Crippen LogP contribution in [0, 0.1) is 18.6 Å². The molecule has 0 radical (unpaired) electrons. The Hall–Kier alpha value is -1.75. The fourth-order valence-electron chi connectivity index (χ4n) is 2.64. The second-order valence-corrected chi connectivity index (χ2v) is 5.45. The monoisotopic (exact) mass is 277 g/mol. The highest BCUT2D eigenvalue weighted by molar-refractivity contribution is 5.22. The smallest absolute Gasteiger partial charge is 0.130 e. The SMILES string of the molecule is Cc1cnn(C2CN([C@H](C)c3ccc(F)cc3F)C2)c1. The zero-order valence-electron chi connectivity index (χ0n) is 11.6. The normalized spacial score (nSPS) is 18.0. The maximum atomic E-state index is 13.8. The number of likely N-dealkylation sites (tertiary alicyclic amines) is 1. The van der Waals surface area contributed by atoms with Gasteiger partial charge in [-0.05, 0) is 25.5 Å². The third-order valence-corrected chi connectivity index (χ3v) is 3.96. The Balaban J connectivity index is 1.67. The molecule has 1 fully saturated rings. The fourth-order valence-corrected chi connectivity index (χ4v) is 2.64. The number of aromatic nitrogens is 2. The molecule has 2 heterocycles. The second-order valence-electron chi connectivity index (χ2n) is 5.45. The van der Waals surface area contributed by atoms with E-state index in [2.05, 4.69) is 10.00 Å². The van der Waals surface area contributed by atoms with Gasteiger partial charge in [-0.15, -0.1) is 0 Å². The Morgan fingerprint density at radius 1 is 1.30 bits per heavy atom. The molecule has 1 aromatic carbocycles. The van der Waals surface area contributed by atoms with Crippen LogP contribution in [0.5, 0.6) is 0 Å². The van der Waals surface area contributed by atoms with Crippen LogP contribution in [0.4, 0.5) is 8.78 Å². The van der Waals surface area contributed by atoms with Crippen molar-refractivity contribution < 1.29 is 8.78 Å². The van der Waals surface area contributed by atoms with Crippen molar-refractivity contribution in [2.24, 2.45) is 0 Å². The Labute approximate surface area is 116 Å². The lowest BCUT2D eigenvalue weighted by Crippen LogP contribution is -2.48. The van der Waals surface area contributed by atoms with Crippen molar-refractivity contribution >= 4 is 0 Å². The number of aryl methyl sites for hydroxylation is 1. The van der Waals surface area contributed by atoms with Crippen molar-refractivity contribution in [3.63, 3.8) is 0 Å². The summed E-state index contributed by atoms with van der Waals surface area (Å²) in [7, 11) is 0. The van der Waals surface area contributed by atoms with Gasteiger partial charge in [0.2, 0.25) is 0 Å². The van der Waals surface area contributed by atoms with E-state index in [0.29, 0.717) is 11.6 Å². The largest absolute Gasteiger partial charge is 0.292 e. The van der Waals surface area contributed by atoms with Crippen LogP contribution in [0.15, 0.2) is 30.6 Å². The van der Waals surface area contributed by atoms with Crippen LogP contribution in [0.1, 0.15) is 30.1 Å². The van der Waals surface area contributed by atoms with Crippen LogP contribution in [-0.2, 0) is 0 Å². The van der Waals surface area contributed by atoms with Gasteiger partial charge in [0.15, 0.2) is 0 Å². The van der Waals surface area contributed by atoms with Crippen LogP contribution in [0.2, 0.25) is 0 Å². The highest BCUT2D eigenvalue weighted by atomic mass is 19.1. The summed E-state index contributed by atoms with van der Waals surface area (Å²) in [6, 6.07) is 4.07. The Kier molecular flexibility index (Phi) is 3.30. The molecule has 2 aromatic rings. The molecular weight excluding hydrogens is 260 g/mol. The number of hydrogen-bond donors (Lipinski definition) is 0. The van der Waals surface area contributed by atoms with Gasteiger partial charge in [0, 0.05) is 37.0 Å². The Morgan fingerprint density at radius 2 is 2.05 bits per heavy atom. The summed E-state index contributed by atoms with van der Waals surface area (Å²) in [5.74, 6) is -1.01. The first-order chi connectivity index (χ1) is 9.54. The molecule has 3 rings (SSSR count). The van der Waals surface area contributed by atoms with Gasteiger partial charge in [-0.25, -0.2) is 8.78 Å². The van der Waals surface area contributed by atoms with E-state index < -0.39 is 11.6 Å². The van der Waals surface area contributed by atoms with Gasteiger partial charge < -0.3 is 0 Å². The standard InChI is InChI=1S/C15H17F2N3/c1-10-6-18-20(7-10)13-8-19(9-13)11(2)14-4-3-12(16)5-15(14)17/h3-7,11,13H,8-9H2,1-2H3/t11-/m1/s1. The molecule has 0 bridgehead atoms. The van der Waals surface area contributed by atoms with Crippen LogP contribution >= 0.6 is 0 Å². The van der Waals surface area contributed by atoms with Gasteiger partial charge in [0.25, 0.3) is 0 Å². The molecular formula is C15H17F2N3. The van der Waals surface area contributed by atoms with E-state index in [4.69, 9.17) is 0 Å². The van der Waals surface area contributed by atoms with Crippen LogP contribution in [0.25, 0.3) is 0 Å². The van der Waals surface area contributed by atoms with E-state index in [9.17, 15) is 8.78 Å². The van der Waals surface area contributed by atoms with Crippen LogP contribution in [-0.4, -0.2) is 27.8 Å². The molecule has 106 valence electrons. The van der Waals surface area contributed by atoms with Crippen molar-refractivity contribution in [2.45, 2.75) is 25.9 Å². The Morgan fingerprint density at radius 3 is 2.65 bits per heavy atom. The molecule has 0 spiro atoms. The molecule has 1 aliphatic heterocycles. The van der Waals surface area contributed by atoms with Crippen LogP contribution < -0.4 is 0 Å². The first kappa shape index (κ1) is 13.2. The first-order valence-corrected chi connectivity index (χ1v) is 6.74. The van der Waals surface area contributed by atoms with Crippen molar-refractivity contribution in [1.82, 2.24) is 14.7 Å². The van der Waals surface area contributed by atoms with Gasteiger partial charge >= 0.3 is 0 Å². The van der Waals surface area contributed by atoms with E-state index in [0.717, 1.165) is 24.7 Å². The topological polar surface area (TPSA) is 21.1 Å². The van der Waals surface area contributed by atoms with Gasteiger partial charge in [-0.1, -0.05) is 6.07 Å². The average molecular weight is 277 g/mol. The minimum atomic E-state index is -0.535. The molecule has 5 heteroatoms. The zero-order valence-corrected chi connectivity index (χ0v) is 11.6. The molecule has 0 amide bonds. The van der Waals surface area contributed by atoms with Gasteiger partial charge in [-0.3, -0.25) is 9.58 Å². The molecule has 1 aliphatic rings. The molecule has 0 N–H and O–H groups in total. The predicted octanol–water partition coefficient (Wildman–Crippen LogP) is 3.09. The van der Waals surface area contributed by atoms with E-state index in [-0.39, 0.29) is 6.04 Å². The Bertz CT molecular complexity index is 617. The fraction of sp³-hybridized carbons (Fsp3) is 0.400. The lowest BCUT2D eigenvalue weighted by atomic mass is 10.00. The minimum Gasteiger partial charge on any atom is -0.292 e. The summed E-state index contributed by atoms with van der Waals surface area (Å²) < 4.78 is 28.6. The third kappa shape index (κ3) is 2.33. The number of hydrogen-bond acceptors (Lipinski definition) is 2. The summed E-state index contributed by atoms with van der Waals surface area (Å²) >= 11 is 0. The molecule has 1 aromatic heterocycles. The van der Waals surface area contributed by atoms with Gasteiger partial charge in [0.1, 0.15) is 11.6 Å². The molecule has 0 aliphatic carbocycles. The minimum absolute atomic E-state index is 0.0523. The van der Waals surface area contributed by atoms with Crippen molar-refractivity contribution in [1.29, 1.82) is 0 Å². The lowest BCUT2D eigenvalue weighted by Gasteiger charge is -2.43. The van der Waals surface area contributed by atoms with E-state index in [1.165, 1.54) is 12.1 Å². The second kappa shape index (κ2) is 4.98. The average Bonchev–Trinajstić information content (AvgIpc) is 2.73. The summed E-state index contributed by atoms with van der Waals surface area (Å²) in [6.07, 6.45) is 3.86. The first-order valence-electron chi connectivity index (χ1n) is 6.74. The van der Waals surface area contributed by atoms with Crippen molar-refractivity contribution in [3.05, 3.63) is 53.4 Å². The molecule has 0 unspecified atom stereocenters. The molecule has 1 atom stereocenters. The number of nitrogens with zero attached hydrogens (tertiary/aromatic N) is 3. The quantitative estimate of drug-likeness (QED) is 0.859. The van der Waals surface area contributed by atoms with Crippen molar-refractivity contribution in [2.75, 3.05) is 13.1 Å². The summed E-state index contributed by atoms with van der Waals surface area (Å²) in [6.45, 7) is 5.62. The summed E-state index contributed by atoms with van der Waals surface area (Å²) in [5, 5.41) is 4.30. The third-order valence-electron chi connectivity index (χ3n) is 3.96. The maximum Gasteiger partial charge on any atom is 0.130 e. The molecule has 1 saturated heterocycles. The molecule has 0 saturated carbocycles. The van der Waals surface area contributed by atoms with Gasteiger partial charge in [-0.2, -0.15) is 5.10 Å². The highest BCUT2D eigenvalue weighted by Crippen LogP contribution is 2.32. The lowest BCUT2D eigenvalue weighted by molar-refractivity contribution is 0.0581. The zero-order chi connectivity index (χ0) is 14.3. The predicted molar refractivity (Wildman–Crippen MR) is 72.3 cm³/mol. The number of rotatable bonds is 3. The summed E-state index contributed by atoms with van der Waals surface area (Å²) in [4.78, 5) is 2.16. The summed E-state index contributed by atoms with van der Waals surface area (Å²) in [5.41, 5.74) is 1.68. The maximum absolute atomic E-state index is 13.8. The highest BCUT2D eigenvalue weighted by Gasteiger charge is 2.33. The van der Waals surface area contributed by atoms with Crippen LogP contribution in [0.3, 0.4) is 0 Å². The molecule has 20 heavy (non-hydrogen) atoms. The van der Waals surface area contributed by atoms with E-state index in [1.807, 2.05) is 30.9 Å². The van der Waals surface area contributed by atoms with Crippen molar-refractivity contribution in [3.8, 4) is 0 Å². The molecule has 3 nitrogen and oxygen atoms in total. The number of benzene rings is 1. The number of halogens is 2. The van der Waals surface area contributed by atoms with Gasteiger partial charge in [0.05, 0.1) is 12.2 Å². The van der Waals surface area contributed by atoms with E-state index >= 15 is 0 Å². The van der Waals surface area contributed by atoms with E-state index in [1.54, 1.807) is 0 Å².